The molecule has 1 N–H and O–H groups in total. The first-order valence-corrected chi connectivity index (χ1v) is 6.55. The smallest absolute Gasteiger partial charge is 0.268 e. The Morgan fingerprint density at radius 2 is 2.00 bits per heavy atom. The number of aromatic nitrogens is 2. The third-order valence-corrected chi connectivity index (χ3v) is 2.83. The maximum Gasteiger partial charge on any atom is 0.268 e. The standard InChI is InChI=1S/C14H15ClN2O2/c1-9(2)19-12-5-3-10(4-6-12)13-7-11(8-15)14(18)17-16-13/h3-7,9H,8H2,1-2H3,(H,17,18). The molecule has 0 aliphatic carbocycles. The van der Waals surface area contributed by atoms with Gasteiger partial charge < -0.3 is 4.74 Å². The van der Waals surface area contributed by atoms with Crippen LogP contribution in [0.5, 0.6) is 5.75 Å². The van der Waals surface area contributed by atoms with Crippen molar-refractivity contribution in [3.63, 3.8) is 0 Å². The summed E-state index contributed by atoms with van der Waals surface area (Å²) in [6.45, 7) is 3.95. The van der Waals surface area contributed by atoms with Crippen LogP contribution in [0, 0.1) is 0 Å². The summed E-state index contributed by atoms with van der Waals surface area (Å²) < 4.78 is 5.57. The van der Waals surface area contributed by atoms with Crippen molar-refractivity contribution >= 4 is 11.6 Å². The first kappa shape index (κ1) is 13.6. The maximum atomic E-state index is 11.4. The SMILES string of the molecule is CC(C)Oc1ccc(-c2cc(CCl)c(=O)[nH]n2)cc1. The highest BCUT2D eigenvalue weighted by atomic mass is 35.5. The maximum absolute atomic E-state index is 11.4. The van der Waals surface area contributed by atoms with Gasteiger partial charge in [-0.1, -0.05) is 0 Å². The Labute approximate surface area is 116 Å². The summed E-state index contributed by atoms with van der Waals surface area (Å²) in [6, 6.07) is 9.25. The van der Waals surface area contributed by atoms with Crippen molar-refractivity contribution in [2.24, 2.45) is 0 Å². The van der Waals surface area contributed by atoms with Crippen molar-refractivity contribution in [1.82, 2.24) is 10.2 Å². The van der Waals surface area contributed by atoms with Gasteiger partial charge in [-0.25, -0.2) is 5.10 Å². The number of alkyl halides is 1. The number of hydrogen-bond acceptors (Lipinski definition) is 3. The van der Waals surface area contributed by atoms with E-state index in [0.29, 0.717) is 11.3 Å². The summed E-state index contributed by atoms with van der Waals surface area (Å²) in [5.41, 5.74) is 1.85. The molecule has 5 heteroatoms. The summed E-state index contributed by atoms with van der Waals surface area (Å²) in [5.74, 6) is 0.972. The minimum atomic E-state index is -0.251. The molecule has 19 heavy (non-hydrogen) atoms. The molecule has 1 aromatic carbocycles. The lowest BCUT2D eigenvalue weighted by atomic mass is 10.1. The van der Waals surface area contributed by atoms with E-state index in [2.05, 4.69) is 10.2 Å². The minimum Gasteiger partial charge on any atom is -0.491 e. The number of hydrogen-bond donors (Lipinski definition) is 1. The quantitative estimate of drug-likeness (QED) is 0.875. The van der Waals surface area contributed by atoms with Crippen molar-refractivity contribution in [1.29, 1.82) is 0 Å². The van der Waals surface area contributed by atoms with Crippen molar-refractivity contribution in [3.8, 4) is 17.0 Å². The molecule has 0 spiro atoms. The second-order valence-electron chi connectivity index (χ2n) is 4.43. The Balaban J connectivity index is 2.29. The summed E-state index contributed by atoms with van der Waals surface area (Å²) in [6.07, 6.45) is 0.139. The van der Waals surface area contributed by atoms with E-state index in [9.17, 15) is 4.79 Å². The van der Waals surface area contributed by atoms with Crippen LogP contribution in [-0.2, 0) is 5.88 Å². The Morgan fingerprint density at radius 1 is 1.32 bits per heavy atom. The Bertz CT molecular complexity index is 606. The Hall–Kier alpha value is -1.81. The minimum absolute atomic E-state index is 0.139. The zero-order chi connectivity index (χ0) is 13.8. The predicted octanol–water partition coefficient (Wildman–Crippen LogP) is 2.96. The average molecular weight is 279 g/mol. The summed E-state index contributed by atoms with van der Waals surface area (Å²) in [7, 11) is 0. The van der Waals surface area contributed by atoms with Crippen molar-refractivity contribution in [2.45, 2.75) is 25.8 Å². The third-order valence-electron chi connectivity index (χ3n) is 2.55. The molecular weight excluding hydrogens is 264 g/mol. The van der Waals surface area contributed by atoms with E-state index in [1.807, 2.05) is 38.1 Å². The molecule has 0 amide bonds. The zero-order valence-corrected chi connectivity index (χ0v) is 11.6. The molecule has 100 valence electrons. The topological polar surface area (TPSA) is 55.0 Å². The van der Waals surface area contributed by atoms with Gasteiger partial charge >= 0.3 is 0 Å². The molecule has 4 nitrogen and oxygen atoms in total. The van der Waals surface area contributed by atoms with Gasteiger partial charge in [-0.3, -0.25) is 4.79 Å². The van der Waals surface area contributed by atoms with Crippen LogP contribution in [0.15, 0.2) is 35.1 Å². The van der Waals surface area contributed by atoms with E-state index in [0.717, 1.165) is 11.3 Å². The molecule has 1 heterocycles. The zero-order valence-electron chi connectivity index (χ0n) is 10.8. The number of H-pyrrole nitrogens is 1. The number of aromatic amines is 1. The van der Waals surface area contributed by atoms with Crippen molar-refractivity contribution < 1.29 is 4.74 Å². The van der Waals surface area contributed by atoms with E-state index < -0.39 is 0 Å². The van der Waals surface area contributed by atoms with Gasteiger partial charge in [-0.2, -0.15) is 5.10 Å². The van der Waals surface area contributed by atoms with Crippen molar-refractivity contribution in [2.75, 3.05) is 0 Å². The van der Waals surface area contributed by atoms with E-state index in [1.165, 1.54) is 0 Å². The first-order valence-electron chi connectivity index (χ1n) is 6.02. The van der Waals surface area contributed by atoms with Gasteiger partial charge in [0.2, 0.25) is 0 Å². The number of ether oxygens (including phenoxy) is 1. The molecule has 0 aliphatic heterocycles. The molecule has 0 saturated carbocycles. The molecule has 2 aromatic rings. The van der Waals surface area contributed by atoms with Crippen LogP contribution in [0.4, 0.5) is 0 Å². The number of benzene rings is 1. The lowest BCUT2D eigenvalue weighted by Gasteiger charge is -2.10. The van der Waals surface area contributed by atoms with E-state index in [1.54, 1.807) is 6.07 Å². The molecule has 2 rings (SSSR count). The van der Waals surface area contributed by atoms with Crippen LogP contribution in [0.2, 0.25) is 0 Å². The highest BCUT2D eigenvalue weighted by molar-refractivity contribution is 6.17. The normalized spacial score (nSPS) is 10.7. The van der Waals surface area contributed by atoms with Crippen LogP contribution in [0.3, 0.4) is 0 Å². The van der Waals surface area contributed by atoms with Crippen LogP contribution < -0.4 is 10.3 Å². The molecule has 0 unspecified atom stereocenters. The van der Waals surface area contributed by atoms with Crippen LogP contribution in [0.25, 0.3) is 11.3 Å². The van der Waals surface area contributed by atoms with E-state index >= 15 is 0 Å². The first-order chi connectivity index (χ1) is 9.10. The third kappa shape index (κ3) is 3.35. The lowest BCUT2D eigenvalue weighted by Crippen LogP contribution is -2.13. The Morgan fingerprint density at radius 3 is 2.58 bits per heavy atom. The molecule has 1 aromatic heterocycles. The van der Waals surface area contributed by atoms with E-state index in [-0.39, 0.29) is 17.5 Å². The number of halogens is 1. The van der Waals surface area contributed by atoms with E-state index in [4.69, 9.17) is 16.3 Å². The molecule has 0 radical (unpaired) electrons. The van der Waals surface area contributed by atoms with Gasteiger partial charge in [0, 0.05) is 11.1 Å². The van der Waals surface area contributed by atoms with Gasteiger partial charge in [0.15, 0.2) is 0 Å². The lowest BCUT2D eigenvalue weighted by molar-refractivity contribution is 0.242. The van der Waals surface area contributed by atoms with Gasteiger partial charge in [-0.15, -0.1) is 11.6 Å². The van der Waals surface area contributed by atoms with Crippen molar-refractivity contribution in [3.05, 3.63) is 46.2 Å². The predicted molar refractivity (Wildman–Crippen MR) is 75.6 cm³/mol. The van der Waals surface area contributed by atoms with Crippen LogP contribution in [-0.4, -0.2) is 16.3 Å². The summed E-state index contributed by atoms with van der Waals surface area (Å²) in [4.78, 5) is 11.4. The molecule has 0 saturated heterocycles. The average Bonchev–Trinajstić information content (AvgIpc) is 2.40. The van der Waals surface area contributed by atoms with Gasteiger partial charge in [0.1, 0.15) is 5.75 Å². The largest absolute Gasteiger partial charge is 0.491 e. The number of nitrogens with one attached hydrogen (secondary N) is 1. The second kappa shape index (κ2) is 5.89. The van der Waals surface area contributed by atoms with Crippen LogP contribution >= 0.6 is 11.6 Å². The molecule has 0 fully saturated rings. The summed E-state index contributed by atoms with van der Waals surface area (Å²) >= 11 is 5.71. The highest BCUT2D eigenvalue weighted by Gasteiger charge is 2.05. The second-order valence-corrected chi connectivity index (χ2v) is 4.70. The monoisotopic (exact) mass is 278 g/mol. The highest BCUT2D eigenvalue weighted by Crippen LogP contribution is 2.21. The molecular formula is C14H15ClN2O2. The number of rotatable bonds is 4. The van der Waals surface area contributed by atoms with Gasteiger partial charge in [-0.05, 0) is 44.2 Å². The molecule has 0 bridgehead atoms. The fraction of sp³-hybridized carbons (Fsp3) is 0.286. The molecule has 0 aliphatic rings. The van der Waals surface area contributed by atoms with Gasteiger partial charge in [0.25, 0.3) is 5.56 Å². The van der Waals surface area contributed by atoms with Crippen LogP contribution in [0.1, 0.15) is 19.4 Å². The summed E-state index contributed by atoms with van der Waals surface area (Å²) in [5, 5.41) is 6.45. The molecule has 0 atom stereocenters. The number of nitrogens with zero attached hydrogens (tertiary/aromatic N) is 1. The fourth-order valence-corrected chi connectivity index (χ4v) is 1.87. The fourth-order valence-electron chi connectivity index (χ4n) is 1.67. The Kier molecular flexibility index (Phi) is 4.22. The van der Waals surface area contributed by atoms with Gasteiger partial charge in [0.05, 0.1) is 17.7 Å².